The number of benzene rings is 1. The molecule has 0 aliphatic carbocycles. The van der Waals surface area contributed by atoms with Crippen molar-refractivity contribution < 1.29 is 14.1 Å². The standard InChI is InChI=1S/C19H26N4O3/c1-13(2)4-9-17(24)20-11-10-14(3)22-19(25)16-7-5-15(6-8-16)18-21-12-26-23-18/h5-8,12-14H,4,9-11H2,1-3H3,(H,20,24)(H,22,25)/t14-/m0/s1. The number of carbonyl (C=O) groups excluding carboxylic acids is 2. The van der Waals surface area contributed by atoms with Gasteiger partial charge in [0.05, 0.1) is 0 Å². The van der Waals surface area contributed by atoms with Crippen molar-refractivity contribution in [1.82, 2.24) is 20.8 Å². The average molecular weight is 358 g/mol. The van der Waals surface area contributed by atoms with Crippen LogP contribution in [-0.2, 0) is 4.79 Å². The smallest absolute Gasteiger partial charge is 0.251 e. The highest BCUT2D eigenvalue weighted by atomic mass is 16.5. The van der Waals surface area contributed by atoms with Gasteiger partial charge in [0.1, 0.15) is 0 Å². The third-order valence-corrected chi connectivity index (χ3v) is 3.99. The summed E-state index contributed by atoms with van der Waals surface area (Å²) in [6, 6.07) is 6.96. The highest BCUT2D eigenvalue weighted by Crippen LogP contribution is 2.15. The van der Waals surface area contributed by atoms with Crippen molar-refractivity contribution in [3.05, 3.63) is 36.2 Å². The van der Waals surface area contributed by atoms with Crippen LogP contribution in [0.4, 0.5) is 0 Å². The lowest BCUT2D eigenvalue weighted by Crippen LogP contribution is -2.36. The van der Waals surface area contributed by atoms with E-state index >= 15 is 0 Å². The summed E-state index contributed by atoms with van der Waals surface area (Å²) in [6.45, 7) is 6.67. The van der Waals surface area contributed by atoms with Crippen molar-refractivity contribution >= 4 is 11.8 Å². The quantitative estimate of drug-likeness (QED) is 0.718. The van der Waals surface area contributed by atoms with Gasteiger partial charge in [-0.05, 0) is 37.8 Å². The van der Waals surface area contributed by atoms with Crippen LogP contribution in [0.15, 0.2) is 35.2 Å². The molecule has 140 valence electrons. The van der Waals surface area contributed by atoms with E-state index in [9.17, 15) is 9.59 Å². The second-order valence-electron chi connectivity index (χ2n) is 6.78. The summed E-state index contributed by atoms with van der Waals surface area (Å²) in [5, 5.41) is 9.59. The number of hydrogen-bond donors (Lipinski definition) is 2. The number of aromatic nitrogens is 2. The Balaban J connectivity index is 1.74. The fourth-order valence-corrected chi connectivity index (χ4v) is 2.38. The first-order valence-corrected chi connectivity index (χ1v) is 8.90. The minimum Gasteiger partial charge on any atom is -0.356 e. The largest absolute Gasteiger partial charge is 0.356 e. The Labute approximate surface area is 153 Å². The number of rotatable bonds is 9. The molecule has 2 aromatic rings. The minimum absolute atomic E-state index is 0.0372. The zero-order chi connectivity index (χ0) is 18.9. The summed E-state index contributed by atoms with van der Waals surface area (Å²) in [5.41, 5.74) is 1.34. The Morgan fingerprint density at radius 2 is 1.85 bits per heavy atom. The SMILES string of the molecule is CC(C)CCC(=O)NCC[C@H](C)NC(=O)c1ccc(-c2ncon2)cc1. The maximum atomic E-state index is 12.3. The van der Waals surface area contributed by atoms with E-state index in [1.807, 2.05) is 6.92 Å². The van der Waals surface area contributed by atoms with E-state index < -0.39 is 0 Å². The fourth-order valence-electron chi connectivity index (χ4n) is 2.38. The van der Waals surface area contributed by atoms with Crippen LogP contribution in [0.3, 0.4) is 0 Å². The van der Waals surface area contributed by atoms with Gasteiger partial charge in [0.15, 0.2) is 0 Å². The number of hydrogen-bond acceptors (Lipinski definition) is 5. The molecule has 1 aromatic heterocycles. The van der Waals surface area contributed by atoms with Crippen LogP contribution in [0.25, 0.3) is 11.4 Å². The van der Waals surface area contributed by atoms with Crippen LogP contribution < -0.4 is 10.6 Å². The highest BCUT2D eigenvalue weighted by molar-refractivity contribution is 5.94. The summed E-state index contributed by atoms with van der Waals surface area (Å²) in [6.07, 6.45) is 3.38. The number of nitrogens with zero attached hydrogens (tertiary/aromatic N) is 2. The van der Waals surface area contributed by atoms with Gasteiger partial charge >= 0.3 is 0 Å². The van der Waals surface area contributed by atoms with Crippen molar-refractivity contribution in [2.75, 3.05) is 6.54 Å². The van der Waals surface area contributed by atoms with Crippen LogP contribution in [0.5, 0.6) is 0 Å². The molecule has 2 amide bonds. The van der Waals surface area contributed by atoms with Crippen LogP contribution in [0.2, 0.25) is 0 Å². The first kappa shape index (κ1) is 19.6. The molecule has 0 bridgehead atoms. The van der Waals surface area contributed by atoms with Gasteiger partial charge in [0.25, 0.3) is 5.91 Å². The van der Waals surface area contributed by atoms with E-state index in [0.29, 0.717) is 36.7 Å². The van der Waals surface area contributed by atoms with Crippen molar-refractivity contribution in [3.8, 4) is 11.4 Å². The lowest BCUT2D eigenvalue weighted by molar-refractivity contribution is -0.121. The number of nitrogens with one attached hydrogen (secondary N) is 2. The van der Waals surface area contributed by atoms with E-state index in [0.717, 1.165) is 12.0 Å². The van der Waals surface area contributed by atoms with E-state index in [1.165, 1.54) is 6.39 Å². The van der Waals surface area contributed by atoms with Gasteiger partial charge in [-0.3, -0.25) is 9.59 Å². The number of carbonyl (C=O) groups is 2. The molecule has 2 N–H and O–H groups in total. The molecule has 7 nitrogen and oxygen atoms in total. The molecule has 0 radical (unpaired) electrons. The minimum atomic E-state index is -0.150. The summed E-state index contributed by atoms with van der Waals surface area (Å²) in [7, 11) is 0. The van der Waals surface area contributed by atoms with E-state index in [-0.39, 0.29) is 17.9 Å². The lowest BCUT2D eigenvalue weighted by atomic mass is 10.1. The molecular weight excluding hydrogens is 332 g/mol. The molecule has 0 aliphatic rings. The van der Waals surface area contributed by atoms with Gasteiger partial charge in [0, 0.05) is 30.1 Å². The summed E-state index contributed by atoms with van der Waals surface area (Å²) in [5.74, 6) is 0.918. The zero-order valence-electron chi connectivity index (χ0n) is 15.5. The zero-order valence-corrected chi connectivity index (χ0v) is 15.5. The van der Waals surface area contributed by atoms with Gasteiger partial charge < -0.3 is 15.2 Å². The molecule has 1 heterocycles. The molecule has 1 aromatic carbocycles. The highest BCUT2D eigenvalue weighted by Gasteiger charge is 2.11. The summed E-state index contributed by atoms with van der Waals surface area (Å²) < 4.78 is 4.71. The molecule has 0 unspecified atom stereocenters. The Bertz CT molecular complexity index is 696. The Morgan fingerprint density at radius 3 is 2.46 bits per heavy atom. The van der Waals surface area contributed by atoms with Gasteiger partial charge in [-0.15, -0.1) is 0 Å². The first-order valence-electron chi connectivity index (χ1n) is 8.90. The van der Waals surface area contributed by atoms with Crippen LogP contribution in [0.1, 0.15) is 50.4 Å². The Kier molecular flexibility index (Phi) is 7.32. The molecule has 0 saturated carbocycles. The Morgan fingerprint density at radius 1 is 1.12 bits per heavy atom. The fraction of sp³-hybridized carbons (Fsp3) is 0.474. The molecule has 0 fully saturated rings. The molecule has 7 heteroatoms. The third-order valence-electron chi connectivity index (χ3n) is 3.99. The van der Waals surface area contributed by atoms with Crippen LogP contribution in [0, 0.1) is 5.92 Å². The van der Waals surface area contributed by atoms with Gasteiger partial charge in [-0.2, -0.15) is 4.98 Å². The van der Waals surface area contributed by atoms with Crippen molar-refractivity contribution in [2.24, 2.45) is 5.92 Å². The van der Waals surface area contributed by atoms with E-state index in [4.69, 9.17) is 4.52 Å². The predicted molar refractivity (Wildman–Crippen MR) is 98.4 cm³/mol. The predicted octanol–water partition coefficient (Wildman–Crippen LogP) is 2.80. The normalized spacial score (nSPS) is 12.0. The number of amides is 2. The maximum Gasteiger partial charge on any atom is 0.251 e. The summed E-state index contributed by atoms with van der Waals surface area (Å²) >= 11 is 0. The molecular formula is C19H26N4O3. The lowest BCUT2D eigenvalue weighted by Gasteiger charge is -2.14. The van der Waals surface area contributed by atoms with Gasteiger partial charge in [0.2, 0.25) is 18.1 Å². The molecule has 26 heavy (non-hydrogen) atoms. The molecule has 0 saturated heterocycles. The maximum absolute atomic E-state index is 12.3. The molecule has 1 atom stereocenters. The summed E-state index contributed by atoms with van der Waals surface area (Å²) in [4.78, 5) is 27.9. The third kappa shape index (κ3) is 6.31. The second-order valence-corrected chi connectivity index (χ2v) is 6.78. The molecule has 0 spiro atoms. The van der Waals surface area contributed by atoms with Crippen molar-refractivity contribution in [2.45, 2.75) is 46.1 Å². The van der Waals surface area contributed by atoms with E-state index in [1.54, 1.807) is 24.3 Å². The Hall–Kier alpha value is -2.70. The monoisotopic (exact) mass is 358 g/mol. The van der Waals surface area contributed by atoms with Crippen LogP contribution >= 0.6 is 0 Å². The first-order chi connectivity index (χ1) is 12.5. The van der Waals surface area contributed by atoms with E-state index in [2.05, 4.69) is 34.6 Å². The van der Waals surface area contributed by atoms with Crippen LogP contribution in [-0.4, -0.2) is 34.5 Å². The van der Waals surface area contributed by atoms with Gasteiger partial charge in [-0.25, -0.2) is 0 Å². The van der Waals surface area contributed by atoms with Crippen molar-refractivity contribution in [1.29, 1.82) is 0 Å². The molecule has 0 aliphatic heterocycles. The van der Waals surface area contributed by atoms with Crippen molar-refractivity contribution in [3.63, 3.8) is 0 Å². The topological polar surface area (TPSA) is 97.1 Å². The second kappa shape index (κ2) is 9.70. The average Bonchev–Trinajstić information content (AvgIpc) is 3.14. The molecule has 2 rings (SSSR count). The van der Waals surface area contributed by atoms with Gasteiger partial charge in [-0.1, -0.05) is 31.1 Å².